The van der Waals surface area contributed by atoms with Gasteiger partial charge in [0.2, 0.25) is 5.91 Å². The van der Waals surface area contributed by atoms with Crippen molar-refractivity contribution in [3.05, 3.63) is 29.3 Å². The smallest absolute Gasteiger partial charge is 0.244 e. The molecule has 1 amide bonds. The van der Waals surface area contributed by atoms with Crippen molar-refractivity contribution < 1.29 is 13.6 Å². The fourth-order valence-corrected chi connectivity index (χ4v) is 1.07. The first-order valence-electron chi connectivity index (χ1n) is 4.96. The van der Waals surface area contributed by atoms with E-state index in [2.05, 4.69) is 5.32 Å². The van der Waals surface area contributed by atoms with Crippen molar-refractivity contribution in [1.82, 2.24) is 0 Å². The van der Waals surface area contributed by atoms with Crippen LogP contribution in [0.1, 0.15) is 19.4 Å². The molecule has 0 radical (unpaired) electrons. The Labute approximate surface area is 98.1 Å². The summed E-state index contributed by atoms with van der Waals surface area (Å²) in [6.07, 6.45) is 0. The predicted molar refractivity (Wildman–Crippen MR) is 59.1 cm³/mol. The highest BCUT2D eigenvalue weighted by Gasteiger charge is 2.28. The molecule has 1 aromatic carbocycles. The molecule has 1 N–H and O–H groups in total. The average Bonchev–Trinajstić information content (AvgIpc) is 2.25. The van der Waals surface area contributed by atoms with Gasteiger partial charge in [-0.2, -0.15) is 5.26 Å². The highest BCUT2D eigenvalue weighted by molar-refractivity contribution is 5.96. The van der Waals surface area contributed by atoms with Crippen molar-refractivity contribution in [2.45, 2.75) is 20.8 Å². The molecular weight excluding hydrogens is 226 g/mol. The molecule has 0 aliphatic rings. The molecule has 0 fully saturated rings. The third-order valence-corrected chi connectivity index (χ3v) is 2.34. The largest absolute Gasteiger partial charge is 0.322 e. The van der Waals surface area contributed by atoms with E-state index in [4.69, 9.17) is 5.26 Å². The second-order valence-electron chi connectivity index (χ2n) is 4.27. The van der Waals surface area contributed by atoms with E-state index in [9.17, 15) is 13.6 Å². The van der Waals surface area contributed by atoms with Crippen molar-refractivity contribution in [1.29, 1.82) is 5.26 Å². The third-order valence-electron chi connectivity index (χ3n) is 2.34. The van der Waals surface area contributed by atoms with E-state index in [1.54, 1.807) is 6.07 Å². The SMILES string of the molecule is Cc1cc(F)c(NC(=O)C(C)(C)C#N)cc1F. The van der Waals surface area contributed by atoms with E-state index in [1.807, 2.05) is 0 Å². The maximum absolute atomic E-state index is 13.4. The summed E-state index contributed by atoms with van der Waals surface area (Å²) in [6, 6.07) is 3.67. The number of halogens is 2. The number of nitrogens with zero attached hydrogens (tertiary/aromatic N) is 1. The molecule has 0 bridgehead atoms. The standard InChI is InChI=1S/C12H12F2N2O/c1-7-4-9(14)10(5-8(7)13)16-11(17)12(2,3)6-15/h4-5H,1-3H3,(H,16,17). The number of hydrogen-bond acceptors (Lipinski definition) is 2. The Morgan fingerprint density at radius 2 is 1.94 bits per heavy atom. The summed E-state index contributed by atoms with van der Waals surface area (Å²) >= 11 is 0. The van der Waals surface area contributed by atoms with Gasteiger partial charge in [0.25, 0.3) is 0 Å². The summed E-state index contributed by atoms with van der Waals surface area (Å²) in [4.78, 5) is 11.6. The first-order valence-corrected chi connectivity index (χ1v) is 4.96. The second kappa shape index (κ2) is 4.50. The third kappa shape index (κ3) is 2.78. The summed E-state index contributed by atoms with van der Waals surface area (Å²) in [6.45, 7) is 4.21. The van der Waals surface area contributed by atoms with E-state index in [0.29, 0.717) is 0 Å². The van der Waals surface area contributed by atoms with Crippen LogP contribution in [0.5, 0.6) is 0 Å². The van der Waals surface area contributed by atoms with Crippen molar-refractivity contribution in [2.75, 3.05) is 5.32 Å². The number of carbonyl (C=O) groups excluding carboxylic acids is 1. The quantitative estimate of drug-likeness (QED) is 0.861. The molecule has 0 unspecified atom stereocenters. The average molecular weight is 238 g/mol. The second-order valence-corrected chi connectivity index (χ2v) is 4.27. The summed E-state index contributed by atoms with van der Waals surface area (Å²) < 4.78 is 26.6. The number of hydrogen-bond donors (Lipinski definition) is 1. The number of amides is 1. The van der Waals surface area contributed by atoms with E-state index < -0.39 is 23.0 Å². The summed E-state index contributed by atoms with van der Waals surface area (Å²) in [5.74, 6) is -2.02. The van der Waals surface area contributed by atoms with Gasteiger partial charge in [0, 0.05) is 6.07 Å². The van der Waals surface area contributed by atoms with Crippen LogP contribution in [0.3, 0.4) is 0 Å². The van der Waals surface area contributed by atoms with Gasteiger partial charge >= 0.3 is 0 Å². The number of nitrogens with one attached hydrogen (secondary N) is 1. The van der Waals surface area contributed by atoms with E-state index in [-0.39, 0.29) is 11.3 Å². The Balaban J connectivity index is 3.02. The lowest BCUT2D eigenvalue weighted by atomic mass is 9.94. The molecule has 1 aromatic rings. The van der Waals surface area contributed by atoms with Crippen molar-refractivity contribution >= 4 is 11.6 Å². The van der Waals surface area contributed by atoms with Crippen LogP contribution in [0.4, 0.5) is 14.5 Å². The van der Waals surface area contributed by atoms with Gasteiger partial charge in [-0.3, -0.25) is 4.79 Å². The molecule has 0 heterocycles. The van der Waals surface area contributed by atoms with Crippen LogP contribution in [0, 0.1) is 35.3 Å². The molecule has 90 valence electrons. The van der Waals surface area contributed by atoms with E-state index >= 15 is 0 Å². The minimum absolute atomic E-state index is 0.153. The topological polar surface area (TPSA) is 52.9 Å². The zero-order valence-electron chi connectivity index (χ0n) is 9.77. The number of anilines is 1. The molecule has 0 atom stereocenters. The van der Waals surface area contributed by atoms with Gasteiger partial charge in [0.05, 0.1) is 11.8 Å². The fourth-order valence-electron chi connectivity index (χ4n) is 1.07. The Hall–Kier alpha value is -1.96. The summed E-state index contributed by atoms with van der Waals surface area (Å²) in [5, 5.41) is 10.9. The van der Waals surface area contributed by atoms with E-state index in [1.165, 1.54) is 20.8 Å². The van der Waals surface area contributed by atoms with Crippen LogP contribution in [0.2, 0.25) is 0 Å². The maximum Gasteiger partial charge on any atom is 0.244 e. The normalized spacial score (nSPS) is 10.8. The first-order chi connectivity index (χ1) is 7.77. The molecule has 0 saturated carbocycles. The van der Waals surface area contributed by atoms with Crippen LogP contribution in [0.25, 0.3) is 0 Å². The number of carbonyl (C=O) groups is 1. The number of aryl methyl sites for hydroxylation is 1. The lowest BCUT2D eigenvalue weighted by Gasteiger charge is -2.15. The van der Waals surface area contributed by atoms with Crippen molar-refractivity contribution in [3.63, 3.8) is 0 Å². The fraction of sp³-hybridized carbons (Fsp3) is 0.333. The Bertz CT molecular complexity index is 504. The molecular formula is C12H12F2N2O. The number of benzene rings is 1. The van der Waals surface area contributed by atoms with Crippen LogP contribution in [-0.2, 0) is 4.79 Å². The predicted octanol–water partition coefficient (Wildman–Crippen LogP) is 2.76. The van der Waals surface area contributed by atoms with E-state index in [0.717, 1.165) is 12.1 Å². The highest BCUT2D eigenvalue weighted by atomic mass is 19.1. The van der Waals surface area contributed by atoms with Gasteiger partial charge in [-0.1, -0.05) is 0 Å². The van der Waals surface area contributed by atoms with Crippen LogP contribution in [-0.4, -0.2) is 5.91 Å². The van der Waals surface area contributed by atoms with Gasteiger partial charge in [-0.15, -0.1) is 0 Å². The molecule has 0 aliphatic carbocycles. The summed E-state index contributed by atoms with van der Waals surface area (Å²) in [7, 11) is 0. The molecule has 0 spiro atoms. The molecule has 5 heteroatoms. The molecule has 1 rings (SSSR count). The lowest BCUT2D eigenvalue weighted by Crippen LogP contribution is -2.29. The minimum atomic E-state index is -1.30. The summed E-state index contributed by atoms with van der Waals surface area (Å²) in [5.41, 5.74) is -1.41. The van der Waals surface area contributed by atoms with Gasteiger partial charge in [0.1, 0.15) is 17.0 Å². The Morgan fingerprint density at radius 3 is 2.47 bits per heavy atom. The van der Waals surface area contributed by atoms with Crippen LogP contribution < -0.4 is 5.32 Å². The van der Waals surface area contributed by atoms with Crippen LogP contribution >= 0.6 is 0 Å². The highest BCUT2D eigenvalue weighted by Crippen LogP contribution is 2.22. The van der Waals surface area contributed by atoms with Crippen molar-refractivity contribution in [3.8, 4) is 6.07 Å². The number of nitriles is 1. The lowest BCUT2D eigenvalue weighted by molar-refractivity contribution is -0.121. The molecule has 0 aliphatic heterocycles. The zero-order chi connectivity index (χ0) is 13.2. The zero-order valence-corrected chi connectivity index (χ0v) is 9.77. The molecule has 17 heavy (non-hydrogen) atoms. The van der Waals surface area contributed by atoms with Gasteiger partial charge in [0.15, 0.2) is 0 Å². The van der Waals surface area contributed by atoms with Crippen LogP contribution in [0.15, 0.2) is 12.1 Å². The molecule has 3 nitrogen and oxygen atoms in total. The van der Waals surface area contributed by atoms with Gasteiger partial charge < -0.3 is 5.32 Å². The minimum Gasteiger partial charge on any atom is -0.322 e. The molecule has 0 aromatic heterocycles. The first kappa shape index (κ1) is 13.1. The number of rotatable bonds is 2. The molecule has 0 saturated heterocycles. The Morgan fingerprint density at radius 1 is 1.35 bits per heavy atom. The van der Waals surface area contributed by atoms with Gasteiger partial charge in [-0.25, -0.2) is 8.78 Å². The maximum atomic E-state index is 13.4. The monoisotopic (exact) mass is 238 g/mol. The Kier molecular flexibility index (Phi) is 3.47. The van der Waals surface area contributed by atoms with Gasteiger partial charge in [-0.05, 0) is 32.4 Å². The van der Waals surface area contributed by atoms with Crippen molar-refractivity contribution in [2.24, 2.45) is 5.41 Å².